The Balaban J connectivity index is 1.89. The number of pyridine rings is 1. The van der Waals surface area contributed by atoms with Crippen molar-refractivity contribution in [2.24, 2.45) is 0 Å². The Kier molecular flexibility index (Phi) is 3.61. The first-order chi connectivity index (χ1) is 10.4. The Morgan fingerprint density at radius 3 is 2.76 bits per heavy atom. The van der Waals surface area contributed by atoms with E-state index in [4.69, 9.17) is 9.15 Å². The summed E-state index contributed by atoms with van der Waals surface area (Å²) in [7, 11) is 1.60. The Labute approximate surface area is 121 Å². The van der Waals surface area contributed by atoms with E-state index in [1.165, 1.54) is 0 Å². The van der Waals surface area contributed by atoms with Crippen LogP contribution >= 0.6 is 0 Å². The maximum Gasteiger partial charge on any atom is 0.294 e. The third kappa shape index (κ3) is 2.90. The zero-order chi connectivity index (χ0) is 14.5. The quantitative estimate of drug-likeness (QED) is 0.674. The Morgan fingerprint density at radius 1 is 1.05 bits per heavy atom. The minimum Gasteiger partial charge on any atom is -0.496 e. The third-order valence-electron chi connectivity index (χ3n) is 2.74. The molecule has 3 aromatic rings. The molecular formula is C16H11N3O2. The highest BCUT2D eigenvalue weighted by Gasteiger charge is 2.11. The van der Waals surface area contributed by atoms with Gasteiger partial charge in [0.2, 0.25) is 0 Å². The van der Waals surface area contributed by atoms with Gasteiger partial charge in [0, 0.05) is 18.0 Å². The molecule has 1 aromatic carbocycles. The lowest BCUT2D eigenvalue weighted by molar-refractivity contribution is 0.414. The Morgan fingerprint density at radius 2 is 1.95 bits per heavy atom. The number of methoxy groups -OCH3 is 1. The Bertz CT molecular complexity index is 801. The van der Waals surface area contributed by atoms with Crippen LogP contribution in [0, 0.1) is 11.8 Å². The first-order valence-corrected chi connectivity index (χ1v) is 6.26. The highest BCUT2D eigenvalue weighted by Crippen LogP contribution is 2.28. The second-order valence-corrected chi connectivity index (χ2v) is 4.10. The number of benzene rings is 1. The average Bonchev–Trinajstić information content (AvgIpc) is 3.02. The average molecular weight is 277 g/mol. The normalized spacial score (nSPS) is 9.76. The SMILES string of the molecule is COc1ccccc1-c1nnc(C#Cc2cccnc2)o1. The molecule has 0 spiro atoms. The molecular weight excluding hydrogens is 266 g/mol. The third-order valence-corrected chi connectivity index (χ3v) is 2.74. The maximum absolute atomic E-state index is 5.54. The minimum atomic E-state index is 0.250. The van der Waals surface area contributed by atoms with Crippen molar-refractivity contribution >= 4 is 0 Å². The van der Waals surface area contributed by atoms with Gasteiger partial charge in [-0.3, -0.25) is 4.98 Å². The van der Waals surface area contributed by atoms with Crippen molar-refractivity contribution in [3.05, 3.63) is 60.2 Å². The molecule has 0 amide bonds. The van der Waals surface area contributed by atoms with E-state index in [1.54, 1.807) is 19.5 Å². The molecule has 0 atom stereocenters. The van der Waals surface area contributed by atoms with E-state index < -0.39 is 0 Å². The highest BCUT2D eigenvalue weighted by atomic mass is 16.5. The van der Waals surface area contributed by atoms with Crippen LogP contribution in [0.25, 0.3) is 11.5 Å². The maximum atomic E-state index is 5.54. The first-order valence-electron chi connectivity index (χ1n) is 6.26. The summed E-state index contributed by atoms with van der Waals surface area (Å²) in [5.74, 6) is 7.03. The van der Waals surface area contributed by atoms with Crippen molar-refractivity contribution < 1.29 is 9.15 Å². The van der Waals surface area contributed by atoms with E-state index in [2.05, 4.69) is 27.0 Å². The van der Waals surface area contributed by atoms with Crippen LogP contribution in [0.4, 0.5) is 0 Å². The van der Waals surface area contributed by atoms with Crippen LogP contribution in [0.2, 0.25) is 0 Å². The van der Waals surface area contributed by atoms with Gasteiger partial charge in [-0.1, -0.05) is 23.2 Å². The van der Waals surface area contributed by atoms with Gasteiger partial charge in [-0.2, -0.15) is 0 Å². The van der Waals surface area contributed by atoms with Crippen LogP contribution in [0.5, 0.6) is 5.75 Å². The number of ether oxygens (including phenoxy) is 1. The molecule has 5 heteroatoms. The van der Waals surface area contributed by atoms with Gasteiger partial charge in [-0.15, -0.1) is 5.10 Å². The van der Waals surface area contributed by atoms with Crippen molar-refractivity contribution in [3.63, 3.8) is 0 Å². The summed E-state index contributed by atoms with van der Waals surface area (Å²) >= 11 is 0. The summed E-state index contributed by atoms with van der Waals surface area (Å²) < 4.78 is 10.8. The molecule has 2 heterocycles. The molecule has 5 nitrogen and oxygen atoms in total. The monoisotopic (exact) mass is 277 g/mol. The van der Waals surface area contributed by atoms with E-state index in [-0.39, 0.29) is 5.89 Å². The number of hydrogen-bond acceptors (Lipinski definition) is 5. The lowest BCUT2D eigenvalue weighted by Gasteiger charge is -2.02. The predicted molar refractivity (Wildman–Crippen MR) is 76.5 cm³/mol. The van der Waals surface area contributed by atoms with E-state index in [1.807, 2.05) is 36.4 Å². The number of para-hydroxylation sites is 1. The largest absolute Gasteiger partial charge is 0.496 e. The fraction of sp³-hybridized carbons (Fsp3) is 0.0625. The summed E-state index contributed by atoms with van der Waals surface area (Å²) in [6.07, 6.45) is 3.36. The van der Waals surface area contributed by atoms with Crippen molar-refractivity contribution in [1.29, 1.82) is 0 Å². The van der Waals surface area contributed by atoms with Crippen molar-refractivity contribution in [2.75, 3.05) is 7.11 Å². The van der Waals surface area contributed by atoms with Gasteiger partial charge >= 0.3 is 0 Å². The highest BCUT2D eigenvalue weighted by molar-refractivity contribution is 5.62. The van der Waals surface area contributed by atoms with E-state index in [9.17, 15) is 0 Å². The standard InChI is InChI=1S/C16H11N3O2/c1-20-14-7-3-2-6-13(14)16-19-18-15(21-16)9-8-12-5-4-10-17-11-12/h2-7,10-11H,1H3. The smallest absolute Gasteiger partial charge is 0.294 e. The summed E-state index contributed by atoms with van der Waals surface area (Å²) in [6, 6.07) is 11.1. The molecule has 0 saturated heterocycles. The van der Waals surface area contributed by atoms with Gasteiger partial charge < -0.3 is 9.15 Å². The summed E-state index contributed by atoms with van der Waals surface area (Å²) in [5, 5.41) is 7.91. The topological polar surface area (TPSA) is 61.0 Å². The fourth-order valence-electron chi connectivity index (χ4n) is 1.77. The van der Waals surface area contributed by atoms with Crippen LogP contribution in [0.1, 0.15) is 11.5 Å². The molecule has 21 heavy (non-hydrogen) atoms. The molecule has 0 radical (unpaired) electrons. The molecule has 0 bridgehead atoms. The van der Waals surface area contributed by atoms with E-state index >= 15 is 0 Å². The summed E-state index contributed by atoms with van der Waals surface area (Å²) in [6.45, 7) is 0. The predicted octanol–water partition coefficient (Wildman–Crippen LogP) is 2.54. The van der Waals surface area contributed by atoms with Gasteiger partial charge in [0.05, 0.1) is 12.7 Å². The van der Waals surface area contributed by atoms with Crippen LogP contribution in [0.3, 0.4) is 0 Å². The number of nitrogens with zero attached hydrogens (tertiary/aromatic N) is 3. The van der Waals surface area contributed by atoms with E-state index in [0.29, 0.717) is 11.6 Å². The van der Waals surface area contributed by atoms with Crippen LogP contribution in [-0.4, -0.2) is 22.3 Å². The lowest BCUT2D eigenvalue weighted by Crippen LogP contribution is -1.87. The zero-order valence-electron chi connectivity index (χ0n) is 11.3. The number of aromatic nitrogens is 3. The molecule has 0 aliphatic heterocycles. The van der Waals surface area contributed by atoms with Crippen molar-refractivity contribution in [1.82, 2.24) is 15.2 Å². The number of rotatable bonds is 2. The van der Waals surface area contributed by atoms with Gasteiger partial charge in [-0.05, 0) is 30.2 Å². The molecule has 0 saturated carbocycles. The number of hydrogen-bond donors (Lipinski definition) is 0. The first kappa shape index (κ1) is 12.9. The van der Waals surface area contributed by atoms with E-state index in [0.717, 1.165) is 11.1 Å². The molecule has 0 unspecified atom stereocenters. The van der Waals surface area contributed by atoms with Crippen molar-refractivity contribution in [3.8, 4) is 29.0 Å². The second kappa shape index (κ2) is 5.88. The summed E-state index contributed by atoms with van der Waals surface area (Å²) in [4.78, 5) is 3.99. The molecule has 0 fully saturated rings. The minimum absolute atomic E-state index is 0.250. The zero-order valence-corrected chi connectivity index (χ0v) is 11.3. The summed E-state index contributed by atoms with van der Waals surface area (Å²) in [5.41, 5.74) is 1.52. The van der Waals surface area contributed by atoms with Gasteiger partial charge in [0.25, 0.3) is 11.8 Å². The molecule has 102 valence electrons. The fourth-order valence-corrected chi connectivity index (χ4v) is 1.77. The lowest BCUT2D eigenvalue weighted by atomic mass is 10.2. The molecule has 3 rings (SSSR count). The molecule has 0 aliphatic carbocycles. The molecule has 2 aromatic heterocycles. The van der Waals surface area contributed by atoms with Gasteiger partial charge in [0.15, 0.2) is 0 Å². The molecule has 0 N–H and O–H groups in total. The molecule has 0 aliphatic rings. The van der Waals surface area contributed by atoms with Crippen LogP contribution in [-0.2, 0) is 0 Å². The van der Waals surface area contributed by atoms with Crippen molar-refractivity contribution in [2.45, 2.75) is 0 Å². The second-order valence-electron chi connectivity index (χ2n) is 4.10. The van der Waals surface area contributed by atoms with Crippen LogP contribution in [0.15, 0.2) is 53.2 Å². The Hall–Kier alpha value is -3.13. The van der Waals surface area contributed by atoms with Crippen LogP contribution < -0.4 is 4.74 Å². The van der Waals surface area contributed by atoms with Gasteiger partial charge in [0.1, 0.15) is 5.75 Å². The van der Waals surface area contributed by atoms with Gasteiger partial charge in [-0.25, -0.2) is 0 Å².